The van der Waals surface area contributed by atoms with Crippen molar-refractivity contribution >= 4 is 23.5 Å². The number of carbonyl (C=O) groups excluding carboxylic acids is 2. The molecule has 0 saturated carbocycles. The summed E-state index contributed by atoms with van der Waals surface area (Å²) >= 11 is 0. The monoisotopic (exact) mass is 307 g/mol. The maximum absolute atomic E-state index is 12.9. The Bertz CT molecular complexity index is 788. The van der Waals surface area contributed by atoms with Gasteiger partial charge in [-0.05, 0) is 24.1 Å². The van der Waals surface area contributed by atoms with Crippen LogP contribution in [-0.2, 0) is 16.6 Å². The number of nitrogens with zero attached hydrogens (tertiary/aromatic N) is 3. The highest BCUT2D eigenvalue weighted by molar-refractivity contribution is 6.28. The molecule has 1 aromatic heterocycles. The molecule has 1 aliphatic heterocycles. The molecule has 0 N–H and O–H groups in total. The van der Waals surface area contributed by atoms with Gasteiger partial charge in [0.1, 0.15) is 0 Å². The zero-order valence-electron chi connectivity index (χ0n) is 12.8. The van der Waals surface area contributed by atoms with Crippen LogP contribution in [0, 0.1) is 0 Å². The van der Waals surface area contributed by atoms with E-state index in [9.17, 15) is 9.59 Å². The summed E-state index contributed by atoms with van der Waals surface area (Å²) in [7, 11) is 1.82. The second-order valence-electron chi connectivity index (χ2n) is 5.36. The number of aryl methyl sites for hydroxylation is 1. The average Bonchev–Trinajstić information content (AvgIpc) is 2.98. The Labute approximate surface area is 134 Å². The Balaban J connectivity index is 2.01. The van der Waals surface area contributed by atoms with Crippen molar-refractivity contribution in [3.63, 3.8) is 0 Å². The minimum absolute atomic E-state index is 0.269. The summed E-state index contributed by atoms with van der Waals surface area (Å²) < 4.78 is 1.67. The Morgan fingerprint density at radius 3 is 2.70 bits per heavy atom. The Morgan fingerprint density at radius 1 is 1.26 bits per heavy atom. The van der Waals surface area contributed by atoms with Crippen LogP contribution in [0.3, 0.4) is 0 Å². The smallest absolute Gasteiger partial charge is 0.261 e. The van der Waals surface area contributed by atoms with Gasteiger partial charge in [0.25, 0.3) is 11.8 Å². The fraction of sp³-hybridized carbons (Fsp3) is 0.167. The van der Waals surface area contributed by atoms with Crippen molar-refractivity contribution in [2.24, 2.45) is 7.05 Å². The predicted molar refractivity (Wildman–Crippen MR) is 88.0 cm³/mol. The lowest BCUT2D eigenvalue weighted by Crippen LogP contribution is -2.38. The molecular weight excluding hydrogens is 290 g/mol. The number of rotatable bonds is 3. The van der Waals surface area contributed by atoms with Crippen LogP contribution in [0.2, 0.25) is 0 Å². The molecule has 116 valence electrons. The molecule has 0 spiro atoms. The van der Waals surface area contributed by atoms with Gasteiger partial charge >= 0.3 is 0 Å². The van der Waals surface area contributed by atoms with E-state index in [0.29, 0.717) is 18.5 Å². The molecule has 23 heavy (non-hydrogen) atoms. The predicted octanol–water partition coefficient (Wildman–Crippen LogP) is 2.28. The number of carbonyl (C=O) groups is 2. The fourth-order valence-corrected chi connectivity index (χ4v) is 2.50. The standard InChI is InChI=1S/C18H17N3O2/c1-20-13-14(12-19-20)11-16(15-7-3-2-4-8-15)18(23)21-10-6-5-9-17(21)22/h2-5,7-9,11-13H,6,10H2,1H3/b16-11+. The molecule has 1 aliphatic rings. The number of hydrogen-bond donors (Lipinski definition) is 0. The van der Waals surface area contributed by atoms with Gasteiger partial charge in [-0.1, -0.05) is 36.4 Å². The van der Waals surface area contributed by atoms with Crippen LogP contribution in [0.5, 0.6) is 0 Å². The maximum atomic E-state index is 12.9. The Morgan fingerprint density at radius 2 is 2.04 bits per heavy atom. The number of hydrogen-bond acceptors (Lipinski definition) is 3. The molecule has 1 aromatic carbocycles. The van der Waals surface area contributed by atoms with E-state index in [4.69, 9.17) is 0 Å². The summed E-state index contributed by atoms with van der Waals surface area (Å²) in [5, 5.41) is 4.12. The van der Waals surface area contributed by atoms with Crippen molar-refractivity contribution in [1.82, 2.24) is 14.7 Å². The van der Waals surface area contributed by atoms with E-state index in [-0.39, 0.29) is 11.8 Å². The first-order chi connectivity index (χ1) is 11.1. The molecule has 0 radical (unpaired) electrons. The van der Waals surface area contributed by atoms with Gasteiger partial charge in [-0.2, -0.15) is 5.10 Å². The van der Waals surface area contributed by atoms with Crippen LogP contribution >= 0.6 is 0 Å². The van der Waals surface area contributed by atoms with Crippen molar-refractivity contribution in [3.8, 4) is 0 Å². The van der Waals surface area contributed by atoms with Gasteiger partial charge in [0.05, 0.1) is 6.20 Å². The van der Waals surface area contributed by atoms with Crippen LogP contribution in [0.15, 0.2) is 54.9 Å². The van der Waals surface area contributed by atoms with E-state index in [1.165, 1.54) is 11.0 Å². The topological polar surface area (TPSA) is 55.2 Å². The van der Waals surface area contributed by atoms with Crippen molar-refractivity contribution < 1.29 is 9.59 Å². The van der Waals surface area contributed by atoms with Gasteiger partial charge < -0.3 is 0 Å². The van der Waals surface area contributed by atoms with Crippen LogP contribution in [0.1, 0.15) is 17.5 Å². The Kier molecular flexibility index (Phi) is 4.19. The number of imide groups is 1. The third kappa shape index (κ3) is 3.29. The lowest BCUT2D eigenvalue weighted by molar-refractivity contribution is -0.138. The minimum atomic E-state index is -0.283. The molecular formula is C18H17N3O2. The highest BCUT2D eigenvalue weighted by Gasteiger charge is 2.25. The fourth-order valence-electron chi connectivity index (χ4n) is 2.50. The zero-order chi connectivity index (χ0) is 16.2. The van der Waals surface area contributed by atoms with Gasteiger partial charge in [0.2, 0.25) is 0 Å². The van der Waals surface area contributed by atoms with E-state index < -0.39 is 0 Å². The molecule has 2 heterocycles. The van der Waals surface area contributed by atoms with Gasteiger partial charge in [-0.15, -0.1) is 0 Å². The van der Waals surface area contributed by atoms with E-state index >= 15 is 0 Å². The van der Waals surface area contributed by atoms with Crippen LogP contribution < -0.4 is 0 Å². The van der Waals surface area contributed by atoms with Gasteiger partial charge in [-0.25, -0.2) is 0 Å². The molecule has 0 bridgehead atoms. The van der Waals surface area contributed by atoms with Crippen LogP contribution in [-0.4, -0.2) is 33.0 Å². The van der Waals surface area contributed by atoms with Gasteiger partial charge in [0.15, 0.2) is 0 Å². The number of aromatic nitrogens is 2. The first-order valence-electron chi connectivity index (χ1n) is 7.43. The van der Waals surface area contributed by atoms with Crippen molar-refractivity contribution in [1.29, 1.82) is 0 Å². The molecule has 5 heteroatoms. The highest BCUT2D eigenvalue weighted by atomic mass is 16.2. The van der Waals surface area contributed by atoms with Crippen molar-refractivity contribution in [2.75, 3.05) is 6.54 Å². The molecule has 3 rings (SSSR count). The van der Waals surface area contributed by atoms with E-state index in [1.54, 1.807) is 23.0 Å². The van der Waals surface area contributed by atoms with E-state index in [2.05, 4.69) is 5.10 Å². The molecule has 2 amide bonds. The third-order valence-corrected chi connectivity index (χ3v) is 3.64. The zero-order valence-corrected chi connectivity index (χ0v) is 12.8. The molecule has 0 aliphatic carbocycles. The summed E-state index contributed by atoms with van der Waals surface area (Å²) in [5.41, 5.74) is 2.09. The second kappa shape index (κ2) is 6.44. The van der Waals surface area contributed by atoms with Crippen molar-refractivity contribution in [3.05, 3.63) is 66.0 Å². The van der Waals surface area contributed by atoms with E-state index in [1.807, 2.05) is 43.6 Å². The molecule has 5 nitrogen and oxygen atoms in total. The first-order valence-corrected chi connectivity index (χ1v) is 7.43. The lowest BCUT2D eigenvalue weighted by Gasteiger charge is -2.23. The Hall–Kier alpha value is -2.95. The quantitative estimate of drug-likeness (QED) is 0.817. The third-order valence-electron chi connectivity index (χ3n) is 3.64. The summed E-state index contributed by atoms with van der Waals surface area (Å²) in [6.07, 6.45) is 9.22. The molecule has 0 atom stereocenters. The van der Waals surface area contributed by atoms with E-state index in [0.717, 1.165) is 11.1 Å². The van der Waals surface area contributed by atoms with Gasteiger partial charge in [0, 0.05) is 30.9 Å². The minimum Gasteiger partial charge on any atom is -0.275 e. The largest absolute Gasteiger partial charge is 0.275 e. The number of amides is 2. The molecule has 2 aromatic rings. The molecule has 0 fully saturated rings. The number of benzene rings is 1. The summed E-state index contributed by atoms with van der Waals surface area (Å²) in [6.45, 7) is 0.408. The summed E-state index contributed by atoms with van der Waals surface area (Å²) in [6, 6.07) is 9.37. The first kappa shape index (κ1) is 15.0. The SMILES string of the molecule is Cn1cc(/C=C(/C(=O)N2CCC=CC2=O)c2ccccc2)cn1. The highest BCUT2D eigenvalue weighted by Crippen LogP contribution is 2.22. The molecule has 0 saturated heterocycles. The van der Waals surface area contributed by atoms with Crippen molar-refractivity contribution in [2.45, 2.75) is 6.42 Å². The average molecular weight is 307 g/mol. The lowest BCUT2D eigenvalue weighted by atomic mass is 10.0. The second-order valence-corrected chi connectivity index (χ2v) is 5.36. The molecule has 0 unspecified atom stereocenters. The van der Waals surface area contributed by atoms with Crippen LogP contribution in [0.4, 0.5) is 0 Å². The van der Waals surface area contributed by atoms with Crippen LogP contribution in [0.25, 0.3) is 11.6 Å². The summed E-state index contributed by atoms with van der Waals surface area (Å²) in [5.74, 6) is -0.552. The van der Waals surface area contributed by atoms with Gasteiger partial charge in [-0.3, -0.25) is 19.2 Å². The normalized spacial score (nSPS) is 15.1. The summed E-state index contributed by atoms with van der Waals surface area (Å²) in [4.78, 5) is 26.2. The maximum Gasteiger partial charge on any atom is 0.261 e.